The van der Waals surface area contributed by atoms with Gasteiger partial charge in [0, 0.05) is 45.5 Å². The molecule has 0 atom stereocenters. The van der Waals surface area contributed by atoms with E-state index in [4.69, 9.17) is 14.2 Å². The van der Waals surface area contributed by atoms with Crippen molar-refractivity contribution in [1.82, 2.24) is 10.6 Å². The fourth-order valence-corrected chi connectivity index (χ4v) is 2.61. The number of nitrogens with one attached hydrogen (secondary N) is 2. The number of benzene rings is 1. The number of aryl methyl sites for hydroxylation is 1. The molecule has 0 unspecified atom stereocenters. The second kappa shape index (κ2) is 12.6. The van der Waals surface area contributed by atoms with Crippen molar-refractivity contribution in [2.75, 3.05) is 46.6 Å². The van der Waals surface area contributed by atoms with Gasteiger partial charge in [-0.05, 0) is 50.7 Å². The third-order valence-electron chi connectivity index (χ3n) is 4.39. The van der Waals surface area contributed by atoms with E-state index in [-0.39, 0.29) is 0 Å². The Kier molecular flexibility index (Phi) is 10.0. The van der Waals surface area contributed by atoms with Crippen molar-refractivity contribution in [3.8, 4) is 5.75 Å². The molecule has 1 aliphatic rings. The minimum atomic E-state index is 0.554. The first-order valence-corrected chi connectivity index (χ1v) is 10.0. The fraction of sp³-hybridized carbons (Fsp3) is 0.667. The van der Waals surface area contributed by atoms with Gasteiger partial charge < -0.3 is 24.8 Å². The standard InChI is InChI=1S/C21H35N3O3/c1-4-25-12-13-27-20-14-17(2)6-9-19(20)15-24-21(22-3)23-10-5-11-26-16-18-7-8-18/h6,9,14,18H,4-5,7-8,10-13,15-16H2,1-3H3,(H2,22,23,24). The molecule has 0 spiro atoms. The van der Waals surface area contributed by atoms with Crippen LogP contribution in [0.1, 0.15) is 37.3 Å². The van der Waals surface area contributed by atoms with Gasteiger partial charge in [0.15, 0.2) is 5.96 Å². The predicted octanol–water partition coefficient (Wildman–Crippen LogP) is 2.89. The molecule has 1 saturated carbocycles. The average molecular weight is 378 g/mol. The highest BCUT2D eigenvalue weighted by Crippen LogP contribution is 2.28. The first-order chi connectivity index (χ1) is 13.2. The van der Waals surface area contributed by atoms with Gasteiger partial charge in [-0.15, -0.1) is 0 Å². The smallest absolute Gasteiger partial charge is 0.191 e. The van der Waals surface area contributed by atoms with Crippen LogP contribution < -0.4 is 15.4 Å². The minimum absolute atomic E-state index is 0.554. The molecule has 1 fully saturated rings. The van der Waals surface area contributed by atoms with E-state index in [9.17, 15) is 0 Å². The zero-order valence-electron chi connectivity index (χ0n) is 17.1. The number of hydrogen-bond acceptors (Lipinski definition) is 4. The summed E-state index contributed by atoms with van der Waals surface area (Å²) in [6.45, 7) is 9.14. The lowest BCUT2D eigenvalue weighted by Gasteiger charge is -2.15. The molecule has 0 heterocycles. The highest BCUT2D eigenvalue weighted by atomic mass is 16.5. The normalized spacial score (nSPS) is 14.3. The van der Waals surface area contributed by atoms with Gasteiger partial charge in [-0.25, -0.2) is 0 Å². The summed E-state index contributed by atoms with van der Waals surface area (Å²) in [5, 5.41) is 6.69. The van der Waals surface area contributed by atoms with E-state index in [1.165, 1.54) is 18.4 Å². The molecule has 0 bridgehead atoms. The number of rotatable bonds is 13. The number of nitrogens with zero attached hydrogens (tertiary/aromatic N) is 1. The largest absolute Gasteiger partial charge is 0.491 e. The van der Waals surface area contributed by atoms with Gasteiger partial charge in [0.25, 0.3) is 0 Å². The average Bonchev–Trinajstić information content (AvgIpc) is 3.49. The van der Waals surface area contributed by atoms with Gasteiger partial charge in [0.05, 0.1) is 6.61 Å². The Morgan fingerprint density at radius 1 is 1.15 bits per heavy atom. The van der Waals surface area contributed by atoms with Crippen molar-refractivity contribution in [2.24, 2.45) is 10.9 Å². The number of aliphatic imine (C=N–C) groups is 1. The Morgan fingerprint density at radius 2 is 2.00 bits per heavy atom. The van der Waals surface area contributed by atoms with Gasteiger partial charge >= 0.3 is 0 Å². The van der Waals surface area contributed by atoms with Crippen molar-refractivity contribution in [3.63, 3.8) is 0 Å². The lowest BCUT2D eigenvalue weighted by molar-refractivity contribution is 0.110. The highest BCUT2D eigenvalue weighted by Gasteiger charge is 2.20. The van der Waals surface area contributed by atoms with Crippen molar-refractivity contribution < 1.29 is 14.2 Å². The Morgan fingerprint density at radius 3 is 2.74 bits per heavy atom. The highest BCUT2D eigenvalue weighted by molar-refractivity contribution is 5.79. The topological polar surface area (TPSA) is 64.1 Å². The zero-order chi connectivity index (χ0) is 19.3. The molecular weight excluding hydrogens is 342 g/mol. The van der Waals surface area contributed by atoms with E-state index in [2.05, 4.69) is 40.7 Å². The lowest BCUT2D eigenvalue weighted by Crippen LogP contribution is -2.37. The fourth-order valence-electron chi connectivity index (χ4n) is 2.61. The van der Waals surface area contributed by atoms with Crippen LogP contribution in [-0.2, 0) is 16.0 Å². The third kappa shape index (κ3) is 9.11. The van der Waals surface area contributed by atoms with Crippen molar-refractivity contribution in [1.29, 1.82) is 0 Å². The van der Waals surface area contributed by atoms with Gasteiger partial charge in [-0.3, -0.25) is 4.99 Å². The summed E-state index contributed by atoms with van der Waals surface area (Å²) >= 11 is 0. The van der Waals surface area contributed by atoms with Crippen LogP contribution in [0.2, 0.25) is 0 Å². The van der Waals surface area contributed by atoms with E-state index in [0.29, 0.717) is 26.4 Å². The second-order valence-corrected chi connectivity index (χ2v) is 6.88. The van der Waals surface area contributed by atoms with Crippen LogP contribution in [0.3, 0.4) is 0 Å². The van der Waals surface area contributed by atoms with Crippen LogP contribution >= 0.6 is 0 Å². The SMILES string of the molecule is CCOCCOc1cc(C)ccc1CNC(=NC)NCCCOCC1CC1. The molecule has 6 nitrogen and oxygen atoms in total. The van der Waals surface area contributed by atoms with Crippen LogP contribution in [-0.4, -0.2) is 52.6 Å². The molecule has 0 amide bonds. The Bertz CT molecular complexity index is 574. The Balaban J connectivity index is 1.70. The summed E-state index contributed by atoms with van der Waals surface area (Å²) in [5.41, 5.74) is 2.28. The van der Waals surface area contributed by atoms with Crippen LogP contribution in [0, 0.1) is 12.8 Å². The lowest BCUT2D eigenvalue weighted by atomic mass is 10.1. The second-order valence-electron chi connectivity index (χ2n) is 6.88. The first kappa shape index (κ1) is 21.5. The van der Waals surface area contributed by atoms with Crippen LogP contribution in [0.25, 0.3) is 0 Å². The van der Waals surface area contributed by atoms with Crippen LogP contribution in [0.15, 0.2) is 23.2 Å². The number of ether oxygens (including phenoxy) is 3. The van der Waals surface area contributed by atoms with E-state index in [0.717, 1.165) is 49.4 Å². The van der Waals surface area contributed by atoms with Gasteiger partial charge in [0.1, 0.15) is 12.4 Å². The van der Waals surface area contributed by atoms with Gasteiger partial charge in [-0.2, -0.15) is 0 Å². The first-order valence-electron chi connectivity index (χ1n) is 10.0. The van der Waals surface area contributed by atoms with Gasteiger partial charge in [-0.1, -0.05) is 12.1 Å². The molecule has 0 aromatic heterocycles. The molecule has 1 aliphatic carbocycles. The Labute approximate surface area is 163 Å². The summed E-state index contributed by atoms with van der Waals surface area (Å²) in [5.74, 6) is 2.51. The summed E-state index contributed by atoms with van der Waals surface area (Å²) in [6.07, 6.45) is 3.65. The molecule has 0 radical (unpaired) electrons. The van der Waals surface area contributed by atoms with Crippen LogP contribution in [0.5, 0.6) is 5.75 Å². The summed E-state index contributed by atoms with van der Waals surface area (Å²) in [4.78, 5) is 4.29. The maximum atomic E-state index is 5.89. The van der Waals surface area contributed by atoms with E-state index >= 15 is 0 Å². The molecule has 0 saturated heterocycles. The van der Waals surface area contributed by atoms with Gasteiger partial charge in [0.2, 0.25) is 0 Å². The van der Waals surface area contributed by atoms with Crippen molar-refractivity contribution in [2.45, 2.75) is 39.7 Å². The van der Waals surface area contributed by atoms with E-state index in [1.54, 1.807) is 7.05 Å². The molecule has 6 heteroatoms. The molecule has 27 heavy (non-hydrogen) atoms. The maximum absolute atomic E-state index is 5.89. The molecule has 1 aromatic carbocycles. The minimum Gasteiger partial charge on any atom is -0.491 e. The van der Waals surface area contributed by atoms with E-state index < -0.39 is 0 Å². The molecule has 1 aromatic rings. The third-order valence-corrected chi connectivity index (χ3v) is 4.39. The predicted molar refractivity (Wildman–Crippen MR) is 110 cm³/mol. The maximum Gasteiger partial charge on any atom is 0.191 e. The quantitative estimate of drug-likeness (QED) is 0.314. The van der Waals surface area contributed by atoms with Crippen molar-refractivity contribution in [3.05, 3.63) is 29.3 Å². The Hall–Kier alpha value is -1.79. The molecule has 0 aliphatic heterocycles. The number of guanidine groups is 1. The monoisotopic (exact) mass is 377 g/mol. The van der Waals surface area contributed by atoms with Crippen molar-refractivity contribution >= 4 is 5.96 Å². The van der Waals surface area contributed by atoms with E-state index in [1.807, 2.05) is 6.92 Å². The molecular formula is C21H35N3O3. The van der Waals surface area contributed by atoms with Crippen LogP contribution in [0.4, 0.5) is 0 Å². The summed E-state index contributed by atoms with van der Waals surface area (Å²) < 4.78 is 16.9. The molecule has 2 rings (SSSR count). The summed E-state index contributed by atoms with van der Waals surface area (Å²) in [7, 11) is 1.79. The molecule has 2 N–H and O–H groups in total. The number of hydrogen-bond donors (Lipinski definition) is 2. The summed E-state index contributed by atoms with van der Waals surface area (Å²) in [6, 6.07) is 6.26. The zero-order valence-corrected chi connectivity index (χ0v) is 17.1. The molecule has 152 valence electrons.